The number of hydrogen-bond donors (Lipinski definition) is 2. The summed E-state index contributed by atoms with van der Waals surface area (Å²) in [5, 5.41) is 13.2. The summed E-state index contributed by atoms with van der Waals surface area (Å²) in [6.07, 6.45) is 6.93. The van der Waals surface area contributed by atoms with Crippen LogP contribution in [0.1, 0.15) is 52.4 Å². The monoisotopic (exact) mass is 185 g/mol. The van der Waals surface area contributed by atoms with Gasteiger partial charge in [0.15, 0.2) is 0 Å². The van der Waals surface area contributed by atoms with E-state index in [9.17, 15) is 5.11 Å². The molecule has 2 heteroatoms. The second-order valence-electron chi connectivity index (χ2n) is 4.31. The second-order valence-corrected chi connectivity index (χ2v) is 4.31. The van der Waals surface area contributed by atoms with Crippen LogP contribution in [0.4, 0.5) is 0 Å². The highest BCUT2D eigenvalue weighted by molar-refractivity contribution is 4.82. The molecule has 0 bridgehead atoms. The van der Waals surface area contributed by atoms with Gasteiger partial charge in [-0.05, 0) is 26.2 Å². The van der Waals surface area contributed by atoms with Crippen LogP contribution >= 0.6 is 0 Å². The fourth-order valence-corrected chi connectivity index (χ4v) is 2.19. The van der Waals surface area contributed by atoms with Crippen molar-refractivity contribution < 1.29 is 5.11 Å². The predicted molar refractivity (Wildman–Crippen MR) is 55.8 cm³/mol. The summed E-state index contributed by atoms with van der Waals surface area (Å²) in [4.78, 5) is 0. The summed E-state index contributed by atoms with van der Waals surface area (Å²) in [6, 6.07) is 0.915. The smallest absolute Gasteiger partial charge is 0.0693 e. The van der Waals surface area contributed by atoms with E-state index in [0.29, 0.717) is 12.1 Å². The molecule has 0 radical (unpaired) electrons. The number of aliphatic hydroxyl groups is 1. The molecule has 1 aliphatic carbocycles. The van der Waals surface area contributed by atoms with E-state index in [1.807, 2.05) is 0 Å². The first kappa shape index (κ1) is 11.0. The van der Waals surface area contributed by atoms with Crippen molar-refractivity contribution >= 4 is 0 Å². The lowest BCUT2D eigenvalue weighted by Crippen LogP contribution is -2.46. The minimum Gasteiger partial charge on any atom is -0.392 e. The molecule has 1 rings (SSSR count). The zero-order chi connectivity index (χ0) is 9.68. The highest BCUT2D eigenvalue weighted by Gasteiger charge is 2.23. The molecule has 0 aromatic heterocycles. The molecule has 3 atom stereocenters. The van der Waals surface area contributed by atoms with Crippen LogP contribution in [0.3, 0.4) is 0 Å². The molecule has 0 heterocycles. The van der Waals surface area contributed by atoms with Gasteiger partial charge < -0.3 is 10.4 Å². The molecule has 1 fully saturated rings. The van der Waals surface area contributed by atoms with Crippen molar-refractivity contribution in [2.24, 2.45) is 0 Å². The first-order chi connectivity index (χ1) is 6.24. The Morgan fingerprint density at radius 2 is 2.08 bits per heavy atom. The van der Waals surface area contributed by atoms with Crippen LogP contribution in [0, 0.1) is 0 Å². The molecule has 1 saturated carbocycles. The van der Waals surface area contributed by atoms with Crippen molar-refractivity contribution in [2.45, 2.75) is 70.6 Å². The SMILES string of the molecule is CCC[C@H](C)N[C@@H]1CCCC[C@@H]1O. The molecule has 0 aromatic rings. The maximum atomic E-state index is 9.72. The maximum Gasteiger partial charge on any atom is 0.0693 e. The lowest BCUT2D eigenvalue weighted by Gasteiger charge is -2.31. The Kier molecular flexibility index (Phi) is 4.74. The van der Waals surface area contributed by atoms with Crippen LogP contribution in [0.25, 0.3) is 0 Å². The third kappa shape index (κ3) is 3.65. The Balaban J connectivity index is 2.25. The quantitative estimate of drug-likeness (QED) is 0.702. The molecule has 13 heavy (non-hydrogen) atoms. The summed E-state index contributed by atoms with van der Waals surface area (Å²) >= 11 is 0. The minimum atomic E-state index is -0.104. The van der Waals surface area contributed by atoms with Gasteiger partial charge >= 0.3 is 0 Å². The molecular weight excluding hydrogens is 162 g/mol. The predicted octanol–water partition coefficient (Wildman–Crippen LogP) is 2.07. The van der Waals surface area contributed by atoms with E-state index >= 15 is 0 Å². The first-order valence-corrected chi connectivity index (χ1v) is 5.68. The largest absolute Gasteiger partial charge is 0.392 e. The van der Waals surface area contributed by atoms with Crippen molar-refractivity contribution in [2.75, 3.05) is 0 Å². The summed E-state index contributed by atoms with van der Waals surface area (Å²) in [6.45, 7) is 4.42. The van der Waals surface area contributed by atoms with Crippen molar-refractivity contribution in [3.05, 3.63) is 0 Å². The lowest BCUT2D eigenvalue weighted by molar-refractivity contribution is 0.0853. The van der Waals surface area contributed by atoms with Gasteiger partial charge in [-0.25, -0.2) is 0 Å². The van der Waals surface area contributed by atoms with E-state index in [1.54, 1.807) is 0 Å². The molecule has 0 aliphatic heterocycles. The van der Waals surface area contributed by atoms with Gasteiger partial charge in [0, 0.05) is 12.1 Å². The second kappa shape index (κ2) is 5.61. The normalized spacial score (nSPS) is 31.6. The van der Waals surface area contributed by atoms with Crippen molar-refractivity contribution in [3.63, 3.8) is 0 Å². The van der Waals surface area contributed by atoms with Gasteiger partial charge in [0.2, 0.25) is 0 Å². The summed E-state index contributed by atoms with van der Waals surface area (Å²) in [5.41, 5.74) is 0. The van der Waals surface area contributed by atoms with Crippen molar-refractivity contribution in [1.82, 2.24) is 5.32 Å². The van der Waals surface area contributed by atoms with E-state index in [1.165, 1.54) is 25.7 Å². The maximum absolute atomic E-state index is 9.72. The Labute approximate surface area is 81.7 Å². The zero-order valence-electron chi connectivity index (χ0n) is 8.92. The van der Waals surface area contributed by atoms with Crippen LogP contribution < -0.4 is 5.32 Å². The third-order valence-electron chi connectivity index (χ3n) is 2.95. The number of nitrogens with one attached hydrogen (secondary N) is 1. The fourth-order valence-electron chi connectivity index (χ4n) is 2.19. The molecule has 2 nitrogen and oxygen atoms in total. The molecular formula is C11H23NO. The highest BCUT2D eigenvalue weighted by atomic mass is 16.3. The average Bonchev–Trinajstić information content (AvgIpc) is 2.09. The average molecular weight is 185 g/mol. The Hall–Kier alpha value is -0.0800. The van der Waals surface area contributed by atoms with Gasteiger partial charge in [0.1, 0.15) is 0 Å². The topological polar surface area (TPSA) is 32.3 Å². The lowest BCUT2D eigenvalue weighted by atomic mass is 9.92. The van der Waals surface area contributed by atoms with Crippen molar-refractivity contribution in [3.8, 4) is 0 Å². The van der Waals surface area contributed by atoms with Crippen LogP contribution in [-0.2, 0) is 0 Å². The molecule has 2 N–H and O–H groups in total. The van der Waals surface area contributed by atoms with Gasteiger partial charge in [-0.1, -0.05) is 26.2 Å². The van der Waals surface area contributed by atoms with Crippen LogP contribution in [0.2, 0.25) is 0 Å². The zero-order valence-corrected chi connectivity index (χ0v) is 8.92. The van der Waals surface area contributed by atoms with Gasteiger partial charge in [0.05, 0.1) is 6.10 Å². The Morgan fingerprint density at radius 3 is 2.69 bits per heavy atom. The molecule has 0 amide bonds. The standard InChI is InChI=1S/C11H23NO/c1-3-6-9(2)12-10-7-4-5-8-11(10)13/h9-13H,3-8H2,1-2H3/t9-,10+,11-/m0/s1. The van der Waals surface area contributed by atoms with E-state index in [-0.39, 0.29) is 6.10 Å². The molecule has 1 aliphatic rings. The van der Waals surface area contributed by atoms with E-state index < -0.39 is 0 Å². The Morgan fingerprint density at radius 1 is 1.38 bits per heavy atom. The van der Waals surface area contributed by atoms with Gasteiger partial charge in [-0.2, -0.15) is 0 Å². The van der Waals surface area contributed by atoms with E-state index in [4.69, 9.17) is 0 Å². The number of hydrogen-bond acceptors (Lipinski definition) is 2. The number of aliphatic hydroxyl groups excluding tert-OH is 1. The summed E-state index contributed by atoms with van der Waals surface area (Å²) in [5.74, 6) is 0. The van der Waals surface area contributed by atoms with Gasteiger partial charge in [-0.15, -0.1) is 0 Å². The summed E-state index contributed by atoms with van der Waals surface area (Å²) in [7, 11) is 0. The molecule has 0 saturated heterocycles. The van der Waals surface area contributed by atoms with Crippen LogP contribution in [-0.4, -0.2) is 23.3 Å². The Bertz CT molecular complexity index is 138. The first-order valence-electron chi connectivity index (χ1n) is 5.68. The molecule has 0 aromatic carbocycles. The minimum absolute atomic E-state index is 0.104. The van der Waals surface area contributed by atoms with Crippen LogP contribution in [0.15, 0.2) is 0 Å². The van der Waals surface area contributed by atoms with E-state index in [2.05, 4.69) is 19.2 Å². The fraction of sp³-hybridized carbons (Fsp3) is 1.00. The molecule has 0 spiro atoms. The van der Waals surface area contributed by atoms with Crippen LogP contribution in [0.5, 0.6) is 0 Å². The third-order valence-corrected chi connectivity index (χ3v) is 2.95. The highest BCUT2D eigenvalue weighted by Crippen LogP contribution is 2.19. The van der Waals surface area contributed by atoms with E-state index in [0.717, 1.165) is 12.8 Å². The summed E-state index contributed by atoms with van der Waals surface area (Å²) < 4.78 is 0. The van der Waals surface area contributed by atoms with Gasteiger partial charge in [0.25, 0.3) is 0 Å². The number of rotatable bonds is 4. The molecule has 78 valence electrons. The van der Waals surface area contributed by atoms with Crippen molar-refractivity contribution in [1.29, 1.82) is 0 Å². The van der Waals surface area contributed by atoms with Gasteiger partial charge in [-0.3, -0.25) is 0 Å². The molecule has 0 unspecified atom stereocenters.